The van der Waals surface area contributed by atoms with Crippen LogP contribution in [0.15, 0.2) is 53.4 Å². The SMILES string of the molecule is O=C1CCCc2c1c1cc(Cl)ccc1n2S(=O)(=O)c1ccccc1. The lowest BCUT2D eigenvalue weighted by Crippen LogP contribution is -2.19. The van der Waals surface area contributed by atoms with E-state index in [1.807, 2.05) is 0 Å². The first-order valence-corrected chi connectivity index (χ1v) is 9.48. The average Bonchev–Trinajstić information content (AvgIpc) is 2.91. The predicted molar refractivity (Wildman–Crippen MR) is 93.2 cm³/mol. The van der Waals surface area contributed by atoms with E-state index in [4.69, 9.17) is 11.6 Å². The molecular weight excluding hydrogens is 346 g/mol. The fourth-order valence-corrected chi connectivity index (χ4v) is 5.11. The fourth-order valence-electron chi connectivity index (χ4n) is 3.34. The molecule has 6 heteroatoms. The summed E-state index contributed by atoms with van der Waals surface area (Å²) in [6.45, 7) is 0. The van der Waals surface area contributed by atoms with Crippen molar-refractivity contribution in [3.8, 4) is 0 Å². The van der Waals surface area contributed by atoms with Crippen molar-refractivity contribution < 1.29 is 13.2 Å². The molecule has 122 valence electrons. The van der Waals surface area contributed by atoms with Gasteiger partial charge >= 0.3 is 0 Å². The van der Waals surface area contributed by atoms with Gasteiger partial charge in [-0.2, -0.15) is 0 Å². The number of ketones is 1. The predicted octanol–water partition coefficient (Wildman–Crippen LogP) is 4.05. The second-order valence-corrected chi connectivity index (χ2v) is 8.07. The van der Waals surface area contributed by atoms with Crippen molar-refractivity contribution in [2.24, 2.45) is 0 Å². The minimum atomic E-state index is -3.78. The Morgan fingerprint density at radius 3 is 2.50 bits per heavy atom. The molecule has 0 spiro atoms. The fraction of sp³-hybridized carbons (Fsp3) is 0.167. The Labute approximate surface area is 144 Å². The van der Waals surface area contributed by atoms with Gasteiger partial charge < -0.3 is 0 Å². The first kappa shape index (κ1) is 15.4. The maximum Gasteiger partial charge on any atom is 0.268 e. The van der Waals surface area contributed by atoms with Crippen molar-refractivity contribution >= 4 is 38.3 Å². The first-order chi connectivity index (χ1) is 11.5. The highest BCUT2D eigenvalue weighted by Gasteiger charge is 2.31. The van der Waals surface area contributed by atoms with E-state index in [1.54, 1.807) is 48.5 Å². The van der Waals surface area contributed by atoms with Gasteiger partial charge in [-0.25, -0.2) is 12.4 Å². The average molecular weight is 360 g/mol. The molecule has 0 radical (unpaired) electrons. The number of Topliss-reactive ketones (excluding diaryl/α,β-unsaturated/α-hetero) is 1. The Balaban J connectivity index is 2.12. The molecule has 0 unspecified atom stereocenters. The molecule has 3 aromatic rings. The molecule has 1 heterocycles. The van der Waals surface area contributed by atoms with E-state index < -0.39 is 10.0 Å². The van der Waals surface area contributed by atoms with Crippen molar-refractivity contribution in [1.29, 1.82) is 0 Å². The lowest BCUT2D eigenvalue weighted by atomic mass is 9.94. The Morgan fingerprint density at radius 1 is 1.00 bits per heavy atom. The zero-order valence-electron chi connectivity index (χ0n) is 12.7. The van der Waals surface area contributed by atoms with Crippen LogP contribution in [-0.2, 0) is 16.4 Å². The molecule has 4 nitrogen and oxygen atoms in total. The molecule has 1 aromatic heterocycles. The summed E-state index contributed by atoms with van der Waals surface area (Å²) in [5.41, 5.74) is 1.56. The highest BCUT2D eigenvalue weighted by Crippen LogP contribution is 2.36. The van der Waals surface area contributed by atoms with Crippen molar-refractivity contribution in [3.05, 3.63) is 64.8 Å². The molecule has 0 bridgehead atoms. The van der Waals surface area contributed by atoms with Gasteiger partial charge in [0.15, 0.2) is 5.78 Å². The molecule has 4 rings (SSSR count). The summed E-state index contributed by atoms with van der Waals surface area (Å²) in [6.07, 6.45) is 1.64. The van der Waals surface area contributed by atoms with Crippen molar-refractivity contribution in [3.63, 3.8) is 0 Å². The molecule has 24 heavy (non-hydrogen) atoms. The van der Waals surface area contributed by atoms with Gasteiger partial charge in [0, 0.05) is 28.1 Å². The van der Waals surface area contributed by atoms with Crippen LogP contribution in [0.1, 0.15) is 28.9 Å². The van der Waals surface area contributed by atoms with Crippen LogP contribution >= 0.6 is 11.6 Å². The summed E-state index contributed by atoms with van der Waals surface area (Å²) < 4.78 is 27.7. The van der Waals surface area contributed by atoms with Crippen LogP contribution < -0.4 is 0 Å². The zero-order chi connectivity index (χ0) is 16.9. The number of carbonyl (C=O) groups is 1. The van der Waals surface area contributed by atoms with Crippen LogP contribution in [-0.4, -0.2) is 18.2 Å². The van der Waals surface area contributed by atoms with Gasteiger partial charge in [0.1, 0.15) is 0 Å². The molecule has 0 aliphatic heterocycles. The summed E-state index contributed by atoms with van der Waals surface area (Å²) in [4.78, 5) is 12.6. The molecule has 0 fully saturated rings. The third kappa shape index (κ3) is 2.19. The van der Waals surface area contributed by atoms with Crippen LogP contribution in [0.2, 0.25) is 5.02 Å². The van der Waals surface area contributed by atoms with E-state index in [0.717, 1.165) is 0 Å². The van der Waals surface area contributed by atoms with Gasteiger partial charge in [0.25, 0.3) is 10.0 Å². The normalized spacial score (nSPS) is 14.8. The Hall–Kier alpha value is -2.11. The van der Waals surface area contributed by atoms with Gasteiger partial charge in [0.2, 0.25) is 0 Å². The maximum absolute atomic E-state index is 13.2. The molecule has 0 N–H and O–H groups in total. The first-order valence-electron chi connectivity index (χ1n) is 7.67. The minimum Gasteiger partial charge on any atom is -0.294 e. The molecule has 0 amide bonds. The van der Waals surface area contributed by atoms with Gasteiger partial charge in [-0.3, -0.25) is 4.79 Å². The summed E-state index contributed by atoms with van der Waals surface area (Å²) in [7, 11) is -3.78. The Bertz CT molecular complexity index is 1070. The maximum atomic E-state index is 13.2. The van der Waals surface area contributed by atoms with E-state index >= 15 is 0 Å². The number of nitrogens with zero attached hydrogens (tertiary/aromatic N) is 1. The zero-order valence-corrected chi connectivity index (χ0v) is 14.3. The standard InChI is InChI=1S/C18H14ClNO3S/c19-12-9-10-15-14(11-12)18-16(7-4-8-17(18)21)20(15)24(22,23)13-5-2-1-3-6-13/h1-3,5-6,9-11H,4,7-8H2. The van der Waals surface area contributed by atoms with Gasteiger partial charge in [-0.05, 0) is 43.2 Å². The number of aromatic nitrogens is 1. The number of fused-ring (bicyclic) bond motifs is 3. The van der Waals surface area contributed by atoms with E-state index in [-0.39, 0.29) is 10.7 Å². The number of hydrogen-bond acceptors (Lipinski definition) is 3. The second kappa shape index (κ2) is 5.46. The van der Waals surface area contributed by atoms with Gasteiger partial charge in [0.05, 0.1) is 10.4 Å². The smallest absolute Gasteiger partial charge is 0.268 e. The van der Waals surface area contributed by atoms with Crippen molar-refractivity contribution in [1.82, 2.24) is 3.97 Å². The monoisotopic (exact) mass is 359 g/mol. The third-order valence-electron chi connectivity index (χ3n) is 4.36. The molecule has 1 aliphatic carbocycles. The van der Waals surface area contributed by atoms with E-state index in [0.29, 0.717) is 46.4 Å². The van der Waals surface area contributed by atoms with Crippen LogP contribution in [0.4, 0.5) is 0 Å². The number of hydrogen-bond donors (Lipinski definition) is 0. The Kier molecular flexibility index (Phi) is 3.51. The highest BCUT2D eigenvalue weighted by molar-refractivity contribution is 7.90. The largest absolute Gasteiger partial charge is 0.294 e. The van der Waals surface area contributed by atoms with Crippen LogP contribution in [0.5, 0.6) is 0 Å². The molecule has 1 aliphatic rings. The molecule has 0 atom stereocenters. The Morgan fingerprint density at radius 2 is 1.75 bits per heavy atom. The van der Waals surface area contributed by atoms with Gasteiger partial charge in [-0.15, -0.1) is 0 Å². The summed E-state index contributed by atoms with van der Waals surface area (Å²) >= 11 is 6.08. The van der Waals surface area contributed by atoms with E-state index in [2.05, 4.69) is 0 Å². The quantitative estimate of drug-likeness (QED) is 0.693. The summed E-state index contributed by atoms with van der Waals surface area (Å²) in [5, 5.41) is 1.10. The lowest BCUT2D eigenvalue weighted by Gasteiger charge is -2.15. The van der Waals surface area contributed by atoms with Crippen molar-refractivity contribution in [2.45, 2.75) is 24.2 Å². The molecule has 2 aromatic carbocycles. The van der Waals surface area contributed by atoms with Crippen LogP contribution in [0, 0.1) is 0 Å². The number of benzene rings is 2. The summed E-state index contributed by atoms with van der Waals surface area (Å²) in [6, 6.07) is 13.3. The van der Waals surface area contributed by atoms with Crippen LogP contribution in [0.3, 0.4) is 0 Å². The summed E-state index contributed by atoms with van der Waals surface area (Å²) in [5.74, 6) is -0.0227. The third-order valence-corrected chi connectivity index (χ3v) is 6.36. The van der Waals surface area contributed by atoms with E-state index in [9.17, 15) is 13.2 Å². The van der Waals surface area contributed by atoms with Crippen molar-refractivity contribution in [2.75, 3.05) is 0 Å². The molecule has 0 saturated carbocycles. The van der Waals surface area contributed by atoms with E-state index in [1.165, 1.54) is 3.97 Å². The van der Waals surface area contributed by atoms with Crippen LogP contribution in [0.25, 0.3) is 10.9 Å². The number of halogens is 1. The number of carbonyl (C=O) groups excluding carboxylic acids is 1. The second-order valence-electron chi connectivity index (χ2n) is 5.84. The lowest BCUT2D eigenvalue weighted by molar-refractivity contribution is 0.0974. The minimum absolute atomic E-state index is 0.0227. The number of rotatable bonds is 2. The van der Waals surface area contributed by atoms with Gasteiger partial charge in [-0.1, -0.05) is 29.8 Å². The topological polar surface area (TPSA) is 56.1 Å². The highest BCUT2D eigenvalue weighted by atomic mass is 35.5. The molecule has 0 saturated heterocycles. The molecular formula is C18H14ClNO3S.